The van der Waals surface area contributed by atoms with Crippen LogP contribution in [0.5, 0.6) is 5.75 Å². The van der Waals surface area contributed by atoms with Gasteiger partial charge < -0.3 is 10.1 Å². The largest absolute Gasteiger partial charge is 0.487 e. The van der Waals surface area contributed by atoms with Crippen LogP contribution >= 0.6 is 11.6 Å². The van der Waals surface area contributed by atoms with E-state index in [1.54, 1.807) is 30.3 Å². The second-order valence-electron chi connectivity index (χ2n) is 7.33. The Morgan fingerprint density at radius 2 is 2.00 bits per heavy atom. The summed E-state index contributed by atoms with van der Waals surface area (Å²) < 4.78 is 26.0. The van der Waals surface area contributed by atoms with Crippen LogP contribution in [0.4, 0.5) is 5.82 Å². The zero-order chi connectivity index (χ0) is 23.8. The van der Waals surface area contributed by atoms with Crippen molar-refractivity contribution in [1.29, 1.82) is 4.78 Å². The van der Waals surface area contributed by atoms with Crippen molar-refractivity contribution in [2.75, 3.05) is 24.8 Å². The van der Waals surface area contributed by atoms with E-state index in [9.17, 15) is 13.8 Å². The zero-order valence-electron chi connectivity index (χ0n) is 17.6. The van der Waals surface area contributed by atoms with E-state index >= 15 is 0 Å². The summed E-state index contributed by atoms with van der Waals surface area (Å²) in [5, 5.41) is 2.93. The van der Waals surface area contributed by atoms with Crippen LogP contribution in [0.3, 0.4) is 0 Å². The third-order valence-corrected chi connectivity index (χ3v) is 6.23. The van der Waals surface area contributed by atoms with E-state index in [1.165, 1.54) is 36.7 Å². The van der Waals surface area contributed by atoms with Crippen LogP contribution in [0.25, 0.3) is 11.3 Å². The number of hydrogen-bond acceptors (Lipinski definition) is 8. The minimum atomic E-state index is -3.16. The van der Waals surface area contributed by atoms with Crippen molar-refractivity contribution < 1.29 is 18.5 Å². The van der Waals surface area contributed by atoms with Crippen molar-refractivity contribution in [2.24, 2.45) is 0 Å². The van der Waals surface area contributed by atoms with Crippen molar-refractivity contribution in [3.63, 3.8) is 0 Å². The maximum absolute atomic E-state index is 12.9. The Hall–Kier alpha value is -3.57. The van der Waals surface area contributed by atoms with Gasteiger partial charge in [-0.1, -0.05) is 41.9 Å². The van der Waals surface area contributed by atoms with Gasteiger partial charge in [0, 0.05) is 37.3 Å². The van der Waals surface area contributed by atoms with Crippen molar-refractivity contribution in [3.05, 3.63) is 59.6 Å². The lowest BCUT2D eigenvalue weighted by molar-refractivity contribution is -0.120. The molecule has 4 rings (SSSR count). The lowest BCUT2D eigenvalue weighted by atomic mass is 10.1. The van der Waals surface area contributed by atoms with Crippen LogP contribution in [0.1, 0.15) is 10.6 Å². The number of aromatic nitrogens is 3. The highest BCUT2D eigenvalue weighted by Gasteiger charge is 2.32. The fraction of sp³-hybridized carbons (Fsp3) is 0.190. The summed E-state index contributed by atoms with van der Waals surface area (Å²) >= 11 is 5.96. The van der Waals surface area contributed by atoms with Crippen molar-refractivity contribution in [2.45, 2.75) is 10.9 Å². The summed E-state index contributed by atoms with van der Waals surface area (Å²) in [6.07, 6.45) is 3.86. The molecule has 1 aromatic carbocycles. The molecule has 3 heterocycles. The molecule has 0 saturated carbocycles. The van der Waals surface area contributed by atoms with E-state index in [1.807, 2.05) is 0 Å². The third kappa shape index (κ3) is 4.64. The Labute approximate surface area is 195 Å². The number of ether oxygens (including phenoxy) is 1. The molecule has 1 unspecified atom stereocenters. The molecule has 1 aliphatic heterocycles. The maximum atomic E-state index is 12.9. The Morgan fingerprint density at radius 3 is 2.70 bits per heavy atom. The van der Waals surface area contributed by atoms with Gasteiger partial charge in [-0.2, -0.15) is 0 Å². The van der Waals surface area contributed by atoms with Gasteiger partial charge in [0.25, 0.3) is 11.8 Å². The Kier molecular flexibility index (Phi) is 6.00. The summed E-state index contributed by atoms with van der Waals surface area (Å²) in [6.45, 7) is -0.150. The highest BCUT2D eigenvalue weighted by Crippen LogP contribution is 2.30. The zero-order valence-corrected chi connectivity index (χ0v) is 19.2. The molecule has 0 spiro atoms. The molecule has 2 N–H and O–H groups in total. The van der Waals surface area contributed by atoms with Crippen LogP contribution < -0.4 is 15.0 Å². The minimum Gasteiger partial charge on any atom is -0.487 e. The number of benzene rings is 1. The van der Waals surface area contributed by atoms with Gasteiger partial charge in [-0.25, -0.2) is 23.9 Å². The Balaban J connectivity index is 1.63. The topological polar surface area (TPSA) is 138 Å². The second-order valence-corrected chi connectivity index (χ2v) is 9.89. The average Bonchev–Trinajstić information content (AvgIpc) is 2.90. The summed E-state index contributed by atoms with van der Waals surface area (Å²) in [5.41, 5.74) is 0.794. The fourth-order valence-corrected chi connectivity index (χ4v) is 4.18. The first kappa shape index (κ1) is 22.6. The quantitative estimate of drug-likeness (QED) is 0.577. The molecule has 2 atom stereocenters. The first-order valence-electron chi connectivity index (χ1n) is 9.68. The minimum absolute atomic E-state index is 0.109. The number of carbonyl (C=O) groups is 2. The number of halogens is 1. The lowest BCUT2D eigenvalue weighted by Crippen LogP contribution is -2.49. The van der Waals surface area contributed by atoms with E-state index in [0.717, 1.165) is 0 Å². The number of pyridine rings is 1. The number of hydrogen-bond donors (Lipinski definition) is 2. The van der Waals surface area contributed by atoms with Gasteiger partial charge in [-0.15, -0.1) is 0 Å². The van der Waals surface area contributed by atoms with Gasteiger partial charge in [0.1, 0.15) is 12.6 Å². The molecule has 33 heavy (non-hydrogen) atoms. The van der Waals surface area contributed by atoms with Gasteiger partial charge in [-0.05, 0) is 0 Å². The Bertz CT molecular complexity index is 1350. The predicted octanol–water partition coefficient (Wildman–Crippen LogP) is 2.38. The smallest absolute Gasteiger partial charge is 0.289 e. The molecule has 10 nitrogen and oxygen atoms in total. The number of anilines is 1. The van der Waals surface area contributed by atoms with Crippen LogP contribution in [0.2, 0.25) is 5.02 Å². The summed E-state index contributed by atoms with van der Waals surface area (Å²) in [7, 11) is -1.65. The van der Waals surface area contributed by atoms with Crippen LogP contribution in [-0.2, 0) is 14.5 Å². The Morgan fingerprint density at radius 1 is 1.27 bits per heavy atom. The number of nitrogens with zero attached hydrogens (tertiary/aromatic N) is 4. The van der Waals surface area contributed by atoms with E-state index in [2.05, 4.69) is 20.3 Å². The normalized spacial score (nSPS) is 17.4. The first-order chi connectivity index (χ1) is 15.6. The number of carbonyl (C=O) groups excluding carboxylic acids is 2. The second kappa shape index (κ2) is 8.75. The van der Waals surface area contributed by atoms with Gasteiger partial charge in [0.15, 0.2) is 11.6 Å². The van der Waals surface area contributed by atoms with Crippen LogP contribution in [0.15, 0.2) is 53.7 Å². The van der Waals surface area contributed by atoms with Crippen LogP contribution in [-0.4, -0.2) is 56.9 Å². The van der Waals surface area contributed by atoms with E-state index < -0.39 is 27.6 Å². The number of rotatable bonds is 4. The van der Waals surface area contributed by atoms with Gasteiger partial charge in [-0.3, -0.25) is 14.5 Å². The van der Waals surface area contributed by atoms with E-state index in [0.29, 0.717) is 16.3 Å². The van der Waals surface area contributed by atoms with Crippen LogP contribution in [0, 0.1) is 4.78 Å². The first-order valence-corrected chi connectivity index (χ1v) is 12.0. The fourth-order valence-electron chi connectivity index (χ4n) is 3.25. The standard InChI is InChI=1S/C21H19ClN6O4S/c1-28-19-15(8-13(22)9-25-19)32-11-14(21(28)30)26-20(29)18-24-10-16(33(2,23)31)17(27-18)12-6-4-3-5-7-12/h3-10,14,23H,11H2,1-2H3,(H,26,29)/t14-,33?/m0/s1. The molecule has 1 aliphatic rings. The monoisotopic (exact) mass is 486 g/mol. The molecule has 170 valence electrons. The molecule has 2 amide bonds. The highest BCUT2D eigenvalue weighted by atomic mass is 35.5. The highest BCUT2D eigenvalue weighted by molar-refractivity contribution is 7.91. The predicted molar refractivity (Wildman–Crippen MR) is 122 cm³/mol. The molecule has 0 bridgehead atoms. The summed E-state index contributed by atoms with van der Waals surface area (Å²) in [4.78, 5) is 39.6. The van der Waals surface area contributed by atoms with Gasteiger partial charge in [0.05, 0.1) is 25.3 Å². The summed E-state index contributed by atoms with van der Waals surface area (Å²) in [5.74, 6) is -0.811. The number of amides is 2. The molecular weight excluding hydrogens is 468 g/mol. The van der Waals surface area contributed by atoms with E-state index in [-0.39, 0.29) is 28.8 Å². The summed E-state index contributed by atoms with van der Waals surface area (Å²) in [6, 6.07) is 9.28. The molecule has 0 aliphatic carbocycles. The average molecular weight is 487 g/mol. The molecule has 12 heteroatoms. The molecule has 0 fully saturated rings. The molecule has 0 saturated heterocycles. The molecular formula is C21H19ClN6O4S. The van der Waals surface area contributed by atoms with Crippen molar-refractivity contribution >= 4 is 39.0 Å². The van der Waals surface area contributed by atoms with Gasteiger partial charge in [0.2, 0.25) is 5.82 Å². The molecule has 0 radical (unpaired) electrons. The number of nitrogens with one attached hydrogen (secondary N) is 2. The number of likely N-dealkylation sites (N-methyl/N-ethyl adjacent to an activating group) is 1. The lowest BCUT2D eigenvalue weighted by Gasteiger charge is -2.19. The molecule has 3 aromatic rings. The third-order valence-electron chi connectivity index (χ3n) is 4.88. The van der Waals surface area contributed by atoms with E-state index in [4.69, 9.17) is 21.1 Å². The van der Waals surface area contributed by atoms with Crippen molar-refractivity contribution in [3.8, 4) is 17.0 Å². The number of fused-ring (bicyclic) bond motifs is 1. The van der Waals surface area contributed by atoms with Crippen molar-refractivity contribution in [1.82, 2.24) is 20.3 Å². The van der Waals surface area contributed by atoms with Gasteiger partial charge >= 0.3 is 0 Å². The SMILES string of the molecule is CN1C(=O)[C@@H](NC(=O)c2ncc(S(C)(=N)=O)c(-c3ccccc3)n2)COc2cc(Cl)cnc21. The molecule has 2 aromatic heterocycles. The maximum Gasteiger partial charge on any atom is 0.289 e.